The van der Waals surface area contributed by atoms with Gasteiger partial charge in [-0.25, -0.2) is 0 Å². The second-order valence-corrected chi connectivity index (χ2v) is 14.4. The Morgan fingerprint density at radius 3 is 2.19 bits per heavy atom. The molecule has 4 aromatic rings. The number of nitrogens with one attached hydrogen (secondary N) is 5. The third-order valence-corrected chi connectivity index (χ3v) is 9.97. The molecule has 6 amide bonds. The highest BCUT2D eigenvalue weighted by Crippen LogP contribution is 2.20. The number of phenolic OH excluding ortho intramolecular Hbond substituents is 1. The molecule has 2 aliphatic rings. The van der Waals surface area contributed by atoms with Gasteiger partial charge in [0.2, 0.25) is 29.5 Å². The van der Waals surface area contributed by atoms with Crippen LogP contribution in [0.5, 0.6) is 11.5 Å². The lowest BCUT2D eigenvalue weighted by atomic mass is 10.0. The monoisotopic (exact) mass is 788 g/mol. The van der Waals surface area contributed by atoms with Crippen LogP contribution in [0.2, 0.25) is 0 Å². The zero-order valence-electron chi connectivity index (χ0n) is 32.1. The van der Waals surface area contributed by atoms with Gasteiger partial charge >= 0.3 is 0 Å². The average Bonchev–Trinajstić information content (AvgIpc) is 3.63. The van der Waals surface area contributed by atoms with E-state index in [2.05, 4.69) is 26.6 Å². The largest absolute Gasteiger partial charge is 0.508 e. The van der Waals surface area contributed by atoms with E-state index in [0.29, 0.717) is 31.5 Å². The van der Waals surface area contributed by atoms with E-state index in [0.717, 1.165) is 23.1 Å². The van der Waals surface area contributed by atoms with Crippen LogP contribution < -0.4 is 31.3 Å². The first-order valence-electron chi connectivity index (χ1n) is 19.5. The zero-order valence-corrected chi connectivity index (χ0v) is 32.1. The molecule has 0 saturated carbocycles. The molecular weight excluding hydrogens is 741 g/mol. The van der Waals surface area contributed by atoms with Crippen LogP contribution in [0.25, 0.3) is 0 Å². The summed E-state index contributed by atoms with van der Waals surface area (Å²) in [5.74, 6) is -2.71. The predicted molar refractivity (Wildman–Crippen MR) is 214 cm³/mol. The van der Waals surface area contributed by atoms with Crippen LogP contribution in [0.4, 0.5) is 0 Å². The summed E-state index contributed by atoms with van der Waals surface area (Å²) >= 11 is 0. The maximum atomic E-state index is 14.0. The zero-order chi connectivity index (χ0) is 40.9. The number of phenols is 1. The summed E-state index contributed by atoms with van der Waals surface area (Å²) in [6.07, 6.45) is 1.36. The summed E-state index contributed by atoms with van der Waals surface area (Å²) in [4.78, 5) is 83.2. The molecule has 302 valence electrons. The van der Waals surface area contributed by atoms with Gasteiger partial charge in [-0.05, 0) is 59.4 Å². The van der Waals surface area contributed by atoms with E-state index in [9.17, 15) is 33.9 Å². The molecule has 4 aromatic carbocycles. The maximum Gasteiger partial charge on any atom is 0.255 e. The van der Waals surface area contributed by atoms with Crippen molar-refractivity contribution in [3.63, 3.8) is 0 Å². The molecule has 0 aromatic heterocycles. The van der Waals surface area contributed by atoms with Gasteiger partial charge in [0.25, 0.3) is 5.91 Å². The molecule has 0 unspecified atom stereocenters. The lowest BCUT2D eigenvalue weighted by Crippen LogP contribution is -2.56. The number of carbonyl (C=O) groups is 6. The van der Waals surface area contributed by atoms with E-state index in [1.54, 1.807) is 41.3 Å². The van der Waals surface area contributed by atoms with E-state index in [4.69, 9.17) is 4.74 Å². The Labute approximate surface area is 336 Å². The highest BCUT2D eigenvalue weighted by molar-refractivity contribution is 6.01. The Hall–Kier alpha value is -6.70. The molecule has 58 heavy (non-hydrogen) atoms. The van der Waals surface area contributed by atoms with E-state index < -0.39 is 54.1 Å². The minimum absolute atomic E-state index is 0.00910. The van der Waals surface area contributed by atoms with Gasteiger partial charge in [-0.3, -0.25) is 28.8 Å². The van der Waals surface area contributed by atoms with Crippen molar-refractivity contribution in [2.24, 2.45) is 0 Å². The molecule has 2 aliphatic heterocycles. The van der Waals surface area contributed by atoms with E-state index >= 15 is 0 Å². The number of likely N-dealkylation sites (tertiary alicyclic amines) is 1. The Morgan fingerprint density at radius 2 is 1.43 bits per heavy atom. The van der Waals surface area contributed by atoms with Crippen LogP contribution >= 0.6 is 0 Å². The number of rotatable bonds is 9. The van der Waals surface area contributed by atoms with Gasteiger partial charge in [0.15, 0.2) is 0 Å². The first-order chi connectivity index (χ1) is 28.1. The number of ether oxygens (including phenoxy) is 1. The molecule has 0 aliphatic carbocycles. The van der Waals surface area contributed by atoms with Crippen molar-refractivity contribution in [1.29, 1.82) is 0 Å². The fourth-order valence-corrected chi connectivity index (χ4v) is 6.90. The third kappa shape index (κ3) is 11.7. The second kappa shape index (κ2) is 19.9. The Morgan fingerprint density at radius 1 is 0.741 bits per heavy atom. The standard InChI is InChI=1S/C44H48N6O8/c51-33-18-16-30(17-19-33)25-36-44(57)49-35(24-29-9-2-1-3-10-29)42(55)45-20-8-22-58-38-14-5-4-13-34(38)41(54)48-37(26-39(52)47-36)43(56)46-27-31-11-6-12-32(23-31)28-50-21-7-15-40(50)53/h1-6,9-14,16-19,23,35-37,51H,7-8,15,20-22,24-28H2,(H,45,55)(H,46,56)(H,47,52)(H,48,54)(H,49,57)/t35-,36-,37-/m0/s1. The molecule has 3 atom stereocenters. The van der Waals surface area contributed by atoms with Crippen molar-refractivity contribution >= 4 is 35.4 Å². The Bertz CT molecular complexity index is 2090. The lowest BCUT2D eigenvalue weighted by Gasteiger charge is -2.25. The van der Waals surface area contributed by atoms with Gasteiger partial charge in [-0.2, -0.15) is 0 Å². The molecule has 14 heteroatoms. The molecule has 14 nitrogen and oxygen atoms in total. The predicted octanol–water partition coefficient (Wildman–Crippen LogP) is 2.67. The van der Waals surface area contributed by atoms with Crippen molar-refractivity contribution in [3.05, 3.63) is 131 Å². The summed E-state index contributed by atoms with van der Waals surface area (Å²) in [5.41, 5.74) is 3.22. The van der Waals surface area contributed by atoms with E-state index in [1.807, 2.05) is 54.6 Å². The van der Waals surface area contributed by atoms with Gasteiger partial charge in [0, 0.05) is 45.4 Å². The first-order valence-corrected chi connectivity index (χ1v) is 19.5. The van der Waals surface area contributed by atoms with Gasteiger partial charge < -0.3 is 41.3 Å². The molecular formula is C44H48N6O8. The third-order valence-electron chi connectivity index (χ3n) is 9.97. The summed E-state index contributed by atoms with van der Waals surface area (Å²) in [7, 11) is 0. The van der Waals surface area contributed by atoms with Crippen LogP contribution in [0, 0.1) is 0 Å². The van der Waals surface area contributed by atoms with Crippen LogP contribution in [0.3, 0.4) is 0 Å². The molecule has 1 saturated heterocycles. The number of nitrogens with zero attached hydrogens (tertiary/aromatic N) is 1. The average molecular weight is 789 g/mol. The number of para-hydroxylation sites is 1. The van der Waals surface area contributed by atoms with E-state index in [-0.39, 0.29) is 55.5 Å². The SMILES string of the molecule is O=C1C[C@@H](C(=O)NCc2cccc(CN3CCCC3=O)c2)NC(=O)c2ccccc2OCCCNC(=O)[C@H](Cc2ccccc2)NC(=O)[C@H](Cc2ccc(O)cc2)N1. The number of hydrogen-bond acceptors (Lipinski definition) is 8. The summed E-state index contributed by atoms with van der Waals surface area (Å²) in [6.45, 7) is 1.58. The quantitative estimate of drug-likeness (QED) is 0.149. The van der Waals surface area contributed by atoms with Gasteiger partial charge in [-0.15, -0.1) is 0 Å². The lowest BCUT2D eigenvalue weighted by molar-refractivity contribution is -0.133. The molecule has 6 N–H and O–H groups in total. The fourth-order valence-electron chi connectivity index (χ4n) is 6.90. The van der Waals surface area contributed by atoms with Gasteiger partial charge in [0.1, 0.15) is 29.6 Å². The maximum absolute atomic E-state index is 14.0. The van der Waals surface area contributed by atoms with Crippen molar-refractivity contribution in [2.75, 3.05) is 19.7 Å². The number of aromatic hydroxyl groups is 1. The highest BCUT2D eigenvalue weighted by Gasteiger charge is 2.31. The van der Waals surface area contributed by atoms with Crippen LogP contribution in [0.15, 0.2) is 103 Å². The molecule has 0 spiro atoms. The molecule has 0 bridgehead atoms. The Balaban J connectivity index is 1.25. The van der Waals surface area contributed by atoms with Crippen molar-refractivity contribution < 1.29 is 38.6 Å². The van der Waals surface area contributed by atoms with Gasteiger partial charge in [0.05, 0.1) is 18.6 Å². The smallest absolute Gasteiger partial charge is 0.255 e. The molecule has 6 rings (SSSR count). The molecule has 2 heterocycles. The van der Waals surface area contributed by atoms with Crippen molar-refractivity contribution in [3.8, 4) is 11.5 Å². The van der Waals surface area contributed by atoms with Crippen molar-refractivity contribution in [2.45, 2.75) is 69.7 Å². The normalized spacial score (nSPS) is 19.6. The number of amides is 6. The fraction of sp³-hybridized carbons (Fsp3) is 0.318. The van der Waals surface area contributed by atoms with Crippen LogP contribution in [-0.2, 0) is 49.9 Å². The van der Waals surface area contributed by atoms with Crippen LogP contribution in [-0.4, -0.2) is 83.3 Å². The summed E-state index contributed by atoms with van der Waals surface area (Å²) in [5, 5.41) is 23.8. The van der Waals surface area contributed by atoms with E-state index in [1.165, 1.54) is 12.1 Å². The highest BCUT2D eigenvalue weighted by atomic mass is 16.5. The summed E-state index contributed by atoms with van der Waals surface area (Å²) < 4.78 is 5.94. The first kappa shape index (κ1) is 40.9. The molecule has 1 fully saturated rings. The van der Waals surface area contributed by atoms with Gasteiger partial charge in [-0.1, -0.05) is 78.9 Å². The molecule has 0 radical (unpaired) electrons. The topological polar surface area (TPSA) is 195 Å². The summed E-state index contributed by atoms with van der Waals surface area (Å²) in [6, 6.07) is 25.8. The number of carbonyl (C=O) groups excluding carboxylic acids is 6. The Kier molecular flexibility index (Phi) is 14.1. The number of fused-ring (bicyclic) bond motifs is 1. The van der Waals surface area contributed by atoms with Crippen molar-refractivity contribution in [1.82, 2.24) is 31.5 Å². The number of hydrogen-bond donors (Lipinski definition) is 6. The number of benzene rings is 4. The minimum atomic E-state index is -1.38. The van der Waals surface area contributed by atoms with Crippen LogP contribution in [0.1, 0.15) is 58.3 Å². The minimum Gasteiger partial charge on any atom is -0.508 e. The second-order valence-electron chi connectivity index (χ2n) is 14.4.